The summed E-state index contributed by atoms with van der Waals surface area (Å²) in [6.45, 7) is 8.67. The SMILES string of the molecule is CN=C(NCc1cccc(C(=O)NCCN(C)C)c1)NCc1ccccc1OC(C)(C)C. The summed E-state index contributed by atoms with van der Waals surface area (Å²) in [5.74, 6) is 1.47. The minimum Gasteiger partial charge on any atom is -0.488 e. The van der Waals surface area contributed by atoms with Crippen molar-refractivity contribution in [2.45, 2.75) is 39.5 Å². The summed E-state index contributed by atoms with van der Waals surface area (Å²) in [5.41, 5.74) is 2.45. The zero-order valence-electron chi connectivity index (χ0n) is 20.2. The van der Waals surface area contributed by atoms with Crippen molar-refractivity contribution in [2.75, 3.05) is 34.2 Å². The van der Waals surface area contributed by atoms with Crippen LogP contribution in [0.15, 0.2) is 53.5 Å². The Bertz CT molecular complexity index is 903. The van der Waals surface area contributed by atoms with E-state index < -0.39 is 0 Å². The fourth-order valence-electron chi connectivity index (χ4n) is 2.98. The molecule has 0 aliphatic carbocycles. The summed E-state index contributed by atoms with van der Waals surface area (Å²) in [4.78, 5) is 18.7. The first-order valence-electron chi connectivity index (χ1n) is 10.9. The van der Waals surface area contributed by atoms with Gasteiger partial charge in [-0.25, -0.2) is 0 Å². The molecule has 7 heteroatoms. The van der Waals surface area contributed by atoms with Crippen LogP contribution in [0.25, 0.3) is 0 Å². The van der Waals surface area contributed by atoms with Gasteiger partial charge in [0.05, 0.1) is 0 Å². The van der Waals surface area contributed by atoms with Crippen LogP contribution in [-0.2, 0) is 13.1 Å². The van der Waals surface area contributed by atoms with Crippen LogP contribution < -0.4 is 20.7 Å². The normalized spacial score (nSPS) is 11.9. The maximum absolute atomic E-state index is 12.4. The number of para-hydroxylation sites is 1. The van der Waals surface area contributed by atoms with Gasteiger partial charge in [0.2, 0.25) is 0 Å². The molecule has 0 radical (unpaired) electrons. The lowest BCUT2D eigenvalue weighted by molar-refractivity contribution is 0.0951. The van der Waals surface area contributed by atoms with Crippen LogP contribution in [0.5, 0.6) is 5.75 Å². The second kappa shape index (κ2) is 12.1. The van der Waals surface area contributed by atoms with Gasteiger partial charge in [-0.05, 0) is 58.6 Å². The molecule has 0 aliphatic rings. The molecule has 0 aromatic heterocycles. The average Bonchev–Trinajstić information content (AvgIpc) is 2.73. The number of hydrogen-bond donors (Lipinski definition) is 3. The molecule has 0 heterocycles. The number of hydrogen-bond acceptors (Lipinski definition) is 4. The lowest BCUT2D eigenvalue weighted by Gasteiger charge is -2.23. The molecule has 174 valence electrons. The van der Waals surface area contributed by atoms with E-state index in [1.807, 2.05) is 88.3 Å². The summed E-state index contributed by atoms with van der Waals surface area (Å²) in [7, 11) is 5.70. The highest BCUT2D eigenvalue weighted by Gasteiger charge is 2.14. The van der Waals surface area contributed by atoms with Gasteiger partial charge in [0, 0.05) is 44.4 Å². The summed E-state index contributed by atoms with van der Waals surface area (Å²) in [6, 6.07) is 15.6. The molecule has 2 rings (SSSR count). The number of carbonyl (C=O) groups excluding carboxylic acids is 1. The van der Waals surface area contributed by atoms with Crippen LogP contribution >= 0.6 is 0 Å². The maximum Gasteiger partial charge on any atom is 0.251 e. The number of carbonyl (C=O) groups is 1. The van der Waals surface area contributed by atoms with E-state index in [0.717, 1.165) is 23.4 Å². The quantitative estimate of drug-likeness (QED) is 0.414. The van der Waals surface area contributed by atoms with Gasteiger partial charge in [-0.2, -0.15) is 0 Å². The summed E-state index contributed by atoms with van der Waals surface area (Å²) in [5, 5.41) is 9.58. The Morgan fingerprint density at radius 1 is 1.00 bits per heavy atom. The Morgan fingerprint density at radius 3 is 2.41 bits per heavy atom. The van der Waals surface area contributed by atoms with Gasteiger partial charge in [-0.3, -0.25) is 9.79 Å². The molecule has 0 saturated carbocycles. The number of rotatable bonds is 9. The molecule has 2 aromatic rings. The molecule has 0 bridgehead atoms. The maximum atomic E-state index is 12.4. The van der Waals surface area contributed by atoms with Crippen molar-refractivity contribution >= 4 is 11.9 Å². The Balaban J connectivity index is 1.91. The smallest absolute Gasteiger partial charge is 0.251 e. The van der Waals surface area contributed by atoms with Crippen LogP contribution in [0.3, 0.4) is 0 Å². The zero-order valence-corrected chi connectivity index (χ0v) is 20.2. The van der Waals surface area contributed by atoms with E-state index in [9.17, 15) is 4.79 Å². The third-order valence-electron chi connectivity index (χ3n) is 4.55. The topological polar surface area (TPSA) is 78.0 Å². The van der Waals surface area contributed by atoms with E-state index in [-0.39, 0.29) is 11.5 Å². The molecule has 0 fully saturated rings. The van der Waals surface area contributed by atoms with E-state index in [1.54, 1.807) is 7.05 Å². The minimum atomic E-state index is -0.264. The first-order chi connectivity index (χ1) is 15.2. The third-order valence-corrected chi connectivity index (χ3v) is 4.55. The van der Waals surface area contributed by atoms with Crippen molar-refractivity contribution in [3.8, 4) is 5.75 Å². The van der Waals surface area contributed by atoms with Crippen molar-refractivity contribution in [2.24, 2.45) is 4.99 Å². The molecule has 7 nitrogen and oxygen atoms in total. The molecule has 0 atom stereocenters. The standard InChI is InChI=1S/C25H37N5O2/c1-25(2,3)32-22-13-8-7-11-21(22)18-29-24(26-4)28-17-19-10-9-12-20(16-19)23(31)27-14-15-30(5)6/h7-13,16H,14-15,17-18H2,1-6H3,(H,27,31)(H2,26,28,29). The van der Waals surface area contributed by atoms with Gasteiger partial charge < -0.3 is 25.6 Å². The molecule has 32 heavy (non-hydrogen) atoms. The number of benzene rings is 2. The van der Waals surface area contributed by atoms with Gasteiger partial charge in [-0.15, -0.1) is 0 Å². The monoisotopic (exact) mass is 439 g/mol. The summed E-state index contributed by atoms with van der Waals surface area (Å²) >= 11 is 0. The Morgan fingerprint density at radius 2 is 1.72 bits per heavy atom. The Hall–Kier alpha value is -3.06. The van der Waals surface area contributed by atoms with Crippen LogP contribution in [-0.4, -0.2) is 56.6 Å². The molecule has 2 aromatic carbocycles. The summed E-state index contributed by atoms with van der Waals surface area (Å²) < 4.78 is 6.06. The molecule has 0 spiro atoms. The first-order valence-corrected chi connectivity index (χ1v) is 10.9. The van der Waals surface area contributed by atoms with Crippen LogP contribution in [0, 0.1) is 0 Å². The number of aliphatic imine (C=N–C) groups is 1. The van der Waals surface area contributed by atoms with Gasteiger partial charge >= 0.3 is 0 Å². The Labute approximate surface area is 192 Å². The fraction of sp³-hybridized carbons (Fsp3) is 0.440. The summed E-state index contributed by atoms with van der Waals surface area (Å²) in [6.07, 6.45) is 0. The van der Waals surface area contributed by atoms with Crippen molar-refractivity contribution in [1.29, 1.82) is 0 Å². The highest BCUT2D eigenvalue weighted by atomic mass is 16.5. The Kier molecular flexibility index (Phi) is 9.53. The van der Waals surface area contributed by atoms with Crippen molar-refractivity contribution < 1.29 is 9.53 Å². The molecular formula is C25H37N5O2. The van der Waals surface area contributed by atoms with E-state index >= 15 is 0 Å². The van der Waals surface area contributed by atoms with Crippen molar-refractivity contribution in [3.63, 3.8) is 0 Å². The predicted molar refractivity (Wildman–Crippen MR) is 131 cm³/mol. The highest BCUT2D eigenvalue weighted by Crippen LogP contribution is 2.22. The molecule has 0 aliphatic heterocycles. The predicted octanol–water partition coefficient (Wildman–Crippen LogP) is 3.02. The number of nitrogens with one attached hydrogen (secondary N) is 3. The average molecular weight is 440 g/mol. The number of nitrogens with zero attached hydrogens (tertiary/aromatic N) is 2. The number of ether oxygens (including phenoxy) is 1. The van der Waals surface area contributed by atoms with E-state index in [4.69, 9.17) is 4.74 Å². The van der Waals surface area contributed by atoms with Gasteiger partial charge in [0.25, 0.3) is 5.91 Å². The zero-order chi connectivity index (χ0) is 23.6. The van der Waals surface area contributed by atoms with Gasteiger partial charge in [0.1, 0.15) is 11.4 Å². The fourth-order valence-corrected chi connectivity index (χ4v) is 2.98. The lowest BCUT2D eigenvalue weighted by Crippen LogP contribution is -2.36. The molecule has 3 N–H and O–H groups in total. The van der Waals surface area contributed by atoms with Crippen molar-refractivity contribution in [1.82, 2.24) is 20.9 Å². The first kappa shape index (κ1) is 25.2. The third kappa shape index (κ3) is 8.98. The number of guanidine groups is 1. The number of likely N-dealkylation sites (N-methyl/N-ethyl adjacent to an activating group) is 1. The molecule has 1 amide bonds. The van der Waals surface area contributed by atoms with Gasteiger partial charge in [0.15, 0.2) is 5.96 Å². The second-order valence-corrected chi connectivity index (χ2v) is 8.86. The second-order valence-electron chi connectivity index (χ2n) is 8.86. The van der Waals surface area contributed by atoms with Crippen LogP contribution in [0.2, 0.25) is 0 Å². The molecule has 0 saturated heterocycles. The van der Waals surface area contributed by atoms with Crippen LogP contribution in [0.4, 0.5) is 0 Å². The number of amides is 1. The minimum absolute atomic E-state index is 0.0633. The highest BCUT2D eigenvalue weighted by molar-refractivity contribution is 5.94. The largest absolute Gasteiger partial charge is 0.488 e. The van der Waals surface area contributed by atoms with E-state index in [2.05, 4.69) is 20.9 Å². The lowest BCUT2D eigenvalue weighted by atomic mass is 10.1. The molecular weight excluding hydrogens is 402 g/mol. The molecule has 0 unspecified atom stereocenters. The van der Waals surface area contributed by atoms with Crippen molar-refractivity contribution in [3.05, 3.63) is 65.2 Å². The van der Waals surface area contributed by atoms with E-state index in [1.165, 1.54) is 0 Å². The van der Waals surface area contributed by atoms with Crippen LogP contribution in [0.1, 0.15) is 42.3 Å². The van der Waals surface area contributed by atoms with E-state index in [0.29, 0.717) is 31.2 Å². The van der Waals surface area contributed by atoms with Gasteiger partial charge in [-0.1, -0.05) is 30.3 Å².